The lowest BCUT2D eigenvalue weighted by Gasteiger charge is -2.28. The summed E-state index contributed by atoms with van der Waals surface area (Å²) in [4.78, 5) is 13.8. The van der Waals surface area contributed by atoms with E-state index in [1.807, 2.05) is 29.3 Å². The van der Waals surface area contributed by atoms with Crippen molar-refractivity contribution in [2.45, 2.75) is 58.0 Å². The van der Waals surface area contributed by atoms with Gasteiger partial charge in [-0.25, -0.2) is 10.0 Å². The Morgan fingerprint density at radius 1 is 1.15 bits per heavy atom. The number of rotatable bonds is 10. The Bertz CT molecular complexity index is 700. The van der Waals surface area contributed by atoms with Crippen LogP contribution in [0.15, 0.2) is 41.8 Å². The number of hydrogen-bond acceptors (Lipinski definition) is 4. The van der Waals surface area contributed by atoms with Crippen molar-refractivity contribution in [3.8, 4) is 0 Å². The van der Waals surface area contributed by atoms with E-state index in [2.05, 4.69) is 29.4 Å². The highest BCUT2D eigenvalue weighted by Gasteiger charge is 2.29. The van der Waals surface area contributed by atoms with E-state index in [0.717, 1.165) is 62.9 Å². The number of hydrazine groups is 1. The molecule has 0 saturated carbocycles. The summed E-state index contributed by atoms with van der Waals surface area (Å²) in [6, 6.07) is 12.1. The molecular formula is C22H30N2O2S. The Morgan fingerprint density at radius 2 is 1.96 bits per heavy atom. The quantitative estimate of drug-likeness (QED) is 0.588. The molecule has 1 unspecified atom stereocenters. The third-order valence-corrected chi connectivity index (χ3v) is 6.06. The Balaban J connectivity index is 1.58. The molecule has 1 saturated heterocycles. The highest BCUT2D eigenvalue weighted by atomic mass is 32.1. The van der Waals surface area contributed by atoms with Gasteiger partial charge < -0.3 is 5.11 Å². The number of aryl methyl sites for hydroxylation is 1. The first-order valence-corrected chi connectivity index (χ1v) is 10.9. The molecule has 1 atom stereocenters. The zero-order valence-electron chi connectivity index (χ0n) is 16.1. The molecule has 1 aromatic carbocycles. The van der Waals surface area contributed by atoms with Crippen LogP contribution in [0, 0.1) is 0 Å². The van der Waals surface area contributed by atoms with Crippen LogP contribution in [0.1, 0.15) is 62.0 Å². The molecule has 1 fully saturated rings. The first-order chi connectivity index (χ1) is 13.2. The molecule has 1 aliphatic rings. The number of anilines is 1. The van der Waals surface area contributed by atoms with E-state index in [1.54, 1.807) is 11.3 Å². The predicted molar refractivity (Wildman–Crippen MR) is 112 cm³/mol. The number of aliphatic hydroxyl groups is 1. The van der Waals surface area contributed by atoms with Gasteiger partial charge in [-0.1, -0.05) is 44.4 Å². The summed E-state index contributed by atoms with van der Waals surface area (Å²) in [7, 11) is 0. The average Bonchev–Trinajstić information content (AvgIpc) is 3.32. The standard InChI is InChI=1S/C22H30N2O2S/c1-2-3-4-9-21(25)18-10-12-19(13-11-18)24-22(26)14-16-23(24)15-5-7-20-8-6-17-27-20/h6,8,10-13,17,21,25H,2-5,7,9,14-16H2,1H3. The Labute approximate surface area is 166 Å². The summed E-state index contributed by atoms with van der Waals surface area (Å²) in [5, 5.41) is 16.4. The molecule has 1 N–H and O–H groups in total. The fraction of sp³-hybridized carbons (Fsp3) is 0.500. The lowest BCUT2D eigenvalue weighted by Crippen LogP contribution is -2.39. The molecule has 4 nitrogen and oxygen atoms in total. The predicted octanol–water partition coefficient (Wildman–Crippen LogP) is 4.95. The molecule has 1 amide bonds. The second-order valence-corrected chi connectivity index (χ2v) is 8.23. The van der Waals surface area contributed by atoms with Crippen molar-refractivity contribution < 1.29 is 9.90 Å². The Hall–Kier alpha value is -1.69. The van der Waals surface area contributed by atoms with Crippen molar-refractivity contribution in [2.75, 3.05) is 18.1 Å². The van der Waals surface area contributed by atoms with Gasteiger partial charge in [0.25, 0.3) is 0 Å². The Morgan fingerprint density at radius 3 is 2.67 bits per heavy atom. The molecule has 2 heterocycles. The fourth-order valence-electron chi connectivity index (χ4n) is 3.59. The molecule has 146 valence electrons. The number of nitrogens with zero attached hydrogens (tertiary/aromatic N) is 2. The molecular weight excluding hydrogens is 356 g/mol. The summed E-state index contributed by atoms with van der Waals surface area (Å²) < 4.78 is 0. The number of carbonyl (C=O) groups is 1. The number of unbranched alkanes of at least 4 members (excludes halogenated alkanes) is 2. The number of amides is 1. The van der Waals surface area contributed by atoms with Crippen LogP contribution in [-0.4, -0.2) is 29.1 Å². The third kappa shape index (κ3) is 5.41. The molecule has 27 heavy (non-hydrogen) atoms. The van der Waals surface area contributed by atoms with E-state index in [4.69, 9.17) is 0 Å². The SMILES string of the molecule is CCCCCC(O)c1ccc(N2C(=O)CCN2CCCc2cccs2)cc1. The van der Waals surface area contributed by atoms with Crippen LogP contribution in [0.5, 0.6) is 0 Å². The maximum atomic E-state index is 12.4. The van der Waals surface area contributed by atoms with Crippen molar-refractivity contribution >= 4 is 22.9 Å². The number of benzene rings is 1. The van der Waals surface area contributed by atoms with Gasteiger partial charge in [0.2, 0.25) is 5.91 Å². The minimum Gasteiger partial charge on any atom is -0.388 e. The van der Waals surface area contributed by atoms with Gasteiger partial charge >= 0.3 is 0 Å². The molecule has 3 rings (SSSR count). The first kappa shape index (κ1) is 20.1. The molecule has 2 aromatic rings. The molecule has 0 spiro atoms. The first-order valence-electron chi connectivity index (χ1n) is 10.1. The largest absolute Gasteiger partial charge is 0.388 e. The highest BCUT2D eigenvalue weighted by molar-refractivity contribution is 7.09. The minimum atomic E-state index is -0.415. The third-order valence-electron chi connectivity index (χ3n) is 5.13. The maximum Gasteiger partial charge on any atom is 0.242 e. The van der Waals surface area contributed by atoms with E-state index in [1.165, 1.54) is 4.88 Å². The normalized spacial score (nSPS) is 16.2. The molecule has 0 aliphatic carbocycles. The molecule has 5 heteroatoms. The van der Waals surface area contributed by atoms with Gasteiger partial charge in [-0.3, -0.25) is 4.79 Å². The number of carbonyl (C=O) groups excluding carboxylic acids is 1. The lowest BCUT2D eigenvalue weighted by atomic mass is 10.0. The number of hydrogen-bond donors (Lipinski definition) is 1. The van der Waals surface area contributed by atoms with Crippen LogP contribution >= 0.6 is 11.3 Å². The van der Waals surface area contributed by atoms with Crippen LogP contribution in [-0.2, 0) is 11.2 Å². The van der Waals surface area contributed by atoms with Crippen LogP contribution in [0.4, 0.5) is 5.69 Å². The van der Waals surface area contributed by atoms with Crippen molar-refractivity contribution in [1.82, 2.24) is 5.01 Å². The van der Waals surface area contributed by atoms with Gasteiger partial charge in [-0.15, -0.1) is 11.3 Å². The second kappa shape index (κ2) is 10.0. The van der Waals surface area contributed by atoms with Gasteiger partial charge in [0.15, 0.2) is 0 Å². The second-order valence-electron chi connectivity index (χ2n) is 7.20. The van der Waals surface area contributed by atoms with Crippen molar-refractivity contribution in [1.29, 1.82) is 0 Å². The summed E-state index contributed by atoms with van der Waals surface area (Å²) >= 11 is 1.79. The molecule has 1 aromatic heterocycles. The number of thiophene rings is 1. The van der Waals surface area contributed by atoms with E-state index >= 15 is 0 Å². The van der Waals surface area contributed by atoms with Crippen LogP contribution in [0.3, 0.4) is 0 Å². The average molecular weight is 387 g/mol. The molecule has 0 bridgehead atoms. The molecule has 0 radical (unpaired) electrons. The van der Waals surface area contributed by atoms with Gasteiger partial charge in [0.1, 0.15) is 0 Å². The monoisotopic (exact) mass is 386 g/mol. The summed E-state index contributed by atoms with van der Waals surface area (Å²) in [6.45, 7) is 3.83. The topological polar surface area (TPSA) is 43.8 Å². The maximum absolute atomic E-state index is 12.4. The van der Waals surface area contributed by atoms with Crippen LogP contribution in [0.25, 0.3) is 0 Å². The van der Waals surface area contributed by atoms with E-state index < -0.39 is 6.10 Å². The summed E-state index contributed by atoms with van der Waals surface area (Å²) in [6.07, 6.45) is 6.40. The Kier molecular flexibility index (Phi) is 7.44. The fourth-order valence-corrected chi connectivity index (χ4v) is 4.34. The smallest absolute Gasteiger partial charge is 0.242 e. The van der Waals surface area contributed by atoms with E-state index in [-0.39, 0.29) is 5.91 Å². The number of aliphatic hydroxyl groups excluding tert-OH is 1. The van der Waals surface area contributed by atoms with Crippen molar-refractivity contribution in [2.24, 2.45) is 0 Å². The zero-order chi connectivity index (χ0) is 19.1. The van der Waals surface area contributed by atoms with Crippen molar-refractivity contribution in [3.63, 3.8) is 0 Å². The minimum absolute atomic E-state index is 0.155. The highest BCUT2D eigenvalue weighted by Crippen LogP contribution is 2.27. The lowest BCUT2D eigenvalue weighted by molar-refractivity contribution is -0.118. The van der Waals surface area contributed by atoms with Gasteiger partial charge in [0.05, 0.1) is 11.8 Å². The van der Waals surface area contributed by atoms with Gasteiger partial charge in [-0.2, -0.15) is 0 Å². The summed E-state index contributed by atoms with van der Waals surface area (Å²) in [5.74, 6) is 0.155. The van der Waals surface area contributed by atoms with Crippen LogP contribution < -0.4 is 5.01 Å². The van der Waals surface area contributed by atoms with E-state index in [9.17, 15) is 9.90 Å². The van der Waals surface area contributed by atoms with E-state index in [0.29, 0.717) is 6.42 Å². The van der Waals surface area contributed by atoms with Crippen molar-refractivity contribution in [3.05, 3.63) is 52.2 Å². The summed E-state index contributed by atoms with van der Waals surface area (Å²) in [5.41, 5.74) is 1.84. The van der Waals surface area contributed by atoms with Gasteiger partial charge in [-0.05, 0) is 48.4 Å². The van der Waals surface area contributed by atoms with Gasteiger partial charge in [0, 0.05) is 24.4 Å². The zero-order valence-corrected chi connectivity index (χ0v) is 17.0. The van der Waals surface area contributed by atoms with Crippen LogP contribution in [0.2, 0.25) is 0 Å². The molecule has 1 aliphatic heterocycles.